The summed E-state index contributed by atoms with van der Waals surface area (Å²) in [7, 11) is 0. The first-order valence-corrected chi connectivity index (χ1v) is 7.08. The van der Waals surface area contributed by atoms with Crippen molar-refractivity contribution >= 4 is 23.5 Å². The number of halogens is 3. The summed E-state index contributed by atoms with van der Waals surface area (Å²) in [6.07, 6.45) is 0. The van der Waals surface area contributed by atoms with Crippen molar-refractivity contribution in [3.05, 3.63) is 47.1 Å². The van der Waals surface area contributed by atoms with Crippen LogP contribution in [0, 0.1) is 24.4 Å². The van der Waals surface area contributed by atoms with Crippen molar-refractivity contribution in [3.63, 3.8) is 0 Å². The van der Waals surface area contributed by atoms with Crippen molar-refractivity contribution in [2.75, 3.05) is 18.5 Å². The molecule has 1 aromatic carbocycles. The Labute approximate surface area is 144 Å². The molecule has 26 heavy (non-hydrogen) atoms. The lowest BCUT2D eigenvalue weighted by Gasteiger charge is -2.08. The third-order valence-electron chi connectivity index (χ3n) is 2.92. The Morgan fingerprint density at radius 1 is 1.15 bits per heavy atom. The van der Waals surface area contributed by atoms with Gasteiger partial charge in [-0.2, -0.15) is 0 Å². The van der Waals surface area contributed by atoms with Crippen LogP contribution in [0.3, 0.4) is 0 Å². The summed E-state index contributed by atoms with van der Waals surface area (Å²) in [6.45, 7) is 0.267. The van der Waals surface area contributed by atoms with Gasteiger partial charge in [0.05, 0.1) is 17.9 Å². The first kappa shape index (κ1) is 19.0. The monoisotopic (exact) mass is 371 g/mol. The van der Waals surface area contributed by atoms with Crippen LogP contribution >= 0.6 is 0 Å². The molecule has 1 heterocycles. The SMILES string of the molecule is Cc1cc(C(=O)OCC(=O)NCC(=O)Nc2ccc(F)c(F)c2F)on1. The van der Waals surface area contributed by atoms with E-state index < -0.39 is 54.1 Å². The third-order valence-corrected chi connectivity index (χ3v) is 2.92. The van der Waals surface area contributed by atoms with Crippen LogP contribution in [0.4, 0.5) is 18.9 Å². The maximum Gasteiger partial charge on any atom is 0.377 e. The highest BCUT2D eigenvalue weighted by molar-refractivity contribution is 5.95. The molecule has 8 nitrogen and oxygen atoms in total. The molecular formula is C15H12F3N3O5. The number of esters is 1. The summed E-state index contributed by atoms with van der Waals surface area (Å²) in [5.41, 5.74) is -0.141. The average molecular weight is 371 g/mol. The van der Waals surface area contributed by atoms with Crippen molar-refractivity contribution in [2.45, 2.75) is 6.92 Å². The molecule has 2 N–H and O–H groups in total. The lowest BCUT2D eigenvalue weighted by Crippen LogP contribution is -2.35. The Kier molecular flexibility index (Phi) is 5.94. The molecule has 0 atom stereocenters. The summed E-state index contributed by atoms with van der Waals surface area (Å²) in [5.74, 6) is -7.55. The van der Waals surface area contributed by atoms with Gasteiger partial charge in [0.15, 0.2) is 24.1 Å². The lowest BCUT2D eigenvalue weighted by atomic mass is 10.2. The number of rotatable bonds is 6. The van der Waals surface area contributed by atoms with E-state index in [4.69, 9.17) is 0 Å². The summed E-state index contributed by atoms with van der Waals surface area (Å²) in [6, 6.07) is 2.77. The highest BCUT2D eigenvalue weighted by atomic mass is 19.2. The summed E-state index contributed by atoms with van der Waals surface area (Å²) in [4.78, 5) is 34.6. The van der Waals surface area contributed by atoms with Gasteiger partial charge in [0, 0.05) is 6.07 Å². The number of hydrogen-bond acceptors (Lipinski definition) is 6. The minimum atomic E-state index is -1.73. The van der Waals surface area contributed by atoms with Crippen LogP contribution in [0.1, 0.15) is 16.2 Å². The number of carbonyl (C=O) groups is 3. The van der Waals surface area contributed by atoms with E-state index >= 15 is 0 Å². The van der Waals surface area contributed by atoms with Crippen LogP contribution in [-0.2, 0) is 14.3 Å². The molecule has 0 saturated heterocycles. The largest absolute Gasteiger partial charge is 0.450 e. The van der Waals surface area contributed by atoms with E-state index in [0.29, 0.717) is 11.8 Å². The Balaban J connectivity index is 1.77. The molecule has 0 fully saturated rings. The Morgan fingerprint density at radius 2 is 1.88 bits per heavy atom. The Bertz CT molecular complexity index is 853. The zero-order valence-corrected chi connectivity index (χ0v) is 13.3. The van der Waals surface area contributed by atoms with Crippen LogP contribution in [-0.4, -0.2) is 36.1 Å². The molecule has 138 valence electrons. The molecule has 1 aromatic heterocycles. The number of amides is 2. The number of aromatic nitrogens is 1. The van der Waals surface area contributed by atoms with Crippen molar-refractivity contribution < 1.29 is 36.8 Å². The normalized spacial score (nSPS) is 10.3. The van der Waals surface area contributed by atoms with Gasteiger partial charge < -0.3 is 19.9 Å². The van der Waals surface area contributed by atoms with E-state index in [9.17, 15) is 27.6 Å². The molecule has 0 aliphatic rings. The Morgan fingerprint density at radius 3 is 2.54 bits per heavy atom. The molecule has 0 saturated carbocycles. The molecule has 0 radical (unpaired) electrons. The number of hydrogen-bond donors (Lipinski definition) is 2. The molecule has 11 heteroatoms. The molecule has 2 amide bonds. The minimum Gasteiger partial charge on any atom is -0.450 e. The molecule has 0 unspecified atom stereocenters. The molecular weight excluding hydrogens is 359 g/mol. The van der Waals surface area contributed by atoms with Crippen LogP contribution in [0.15, 0.2) is 22.7 Å². The quantitative estimate of drug-likeness (QED) is 0.585. The second kappa shape index (κ2) is 8.14. The van der Waals surface area contributed by atoms with Crippen molar-refractivity contribution in [2.24, 2.45) is 0 Å². The van der Waals surface area contributed by atoms with E-state index in [1.807, 2.05) is 5.32 Å². The number of aryl methyl sites for hydroxylation is 1. The summed E-state index contributed by atoms with van der Waals surface area (Å²) < 4.78 is 48.5. The molecule has 0 aliphatic carbocycles. The summed E-state index contributed by atoms with van der Waals surface area (Å²) in [5, 5.41) is 7.53. The van der Waals surface area contributed by atoms with Gasteiger partial charge in [0.2, 0.25) is 11.7 Å². The van der Waals surface area contributed by atoms with Gasteiger partial charge in [-0.15, -0.1) is 0 Å². The van der Waals surface area contributed by atoms with E-state index in [-0.39, 0.29) is 5.76 Å². The number of ether oxygens (including phenoxy) is 1. The molecule has 0 aliphatic heterocycles. The van der Waals surface area contributed by atoms with E-state index in [2.05, 4.69) is 19.7 Å². The van der Waals surface area contributed by atoms with Gasteiger partial charge in [-0.05, 0) is 19.1 Å². The molecule has 0 spiro atoms. The number of benzene rings is 1. The Hall–Kier alpha value is -3.37. The second-order valence-corrected chi connectivity index (χ2v) is 4.96. The van der Waals surface area contributed by atoms with Crippen LogP contribution < -0.4 is 10.6 Å². The highest BCUT2D eigenvalue weighted by Crippen LogP contribution is 2.19. The number of nitrogens with one attached hydrogen (secondary N) is 2. The van der Waals surface area contributed by atoms with Gasteiger partial charge in [-0.1, -0.05) is 5.16 Å². The minimum absolute atomic E-state index is 0.193. The predicted molar refractivity (Wildman–Crippen MR) is 79.5 cm³/mol. The number of nitrogens with zero attached hydrogens (tertiary/aromatic N) is 1. The molecule has 2 aromatic rings. The first-order chi connectivity index (χ1) is 12.3. The van der Waals surface area contributed by atoms with Crippen molar-refractivity contribution in [1.82, 2.24) is 10.5 Å². The van der Waals surface area contributed by atoms with Gasteiger partial charge in [0.1, 0.15) is 0 Å². The van der Waals surface area contributed by atoms with E-state index in [1.165, 1.54) is 6.07 Å². The van der Waals surface area contributed by atoms with Crippen molar-refractivity contribution in [1.29, 1.82) is 0 Å². The first-order valence-electron chi connectivity index (χ1n) is 7.08. The fraction of sp³-hybridized carbons (Fsp3) is 0.200. The number of anilines is 1. The van der Waals surface area contributed by atoms with Crippen molar-refractivity contribution in [3.8, 4) is 0 Å². The topological polar surface area (TPSA) is 111 Å². The fourth-order valence-electron chi connectivity index (χ4n) is 1.71. The van der Waals surface area contributed by atoms with Gasteiger partial charge in [0.25, 0.3) is 5.91 Å². The predicted octanol–water partition coefficient (Wildman–Crippen LogP) is 1.31. The zero-order chi connectivity index (χ0) is 19.3. The fourth-order valence-corrected chi connectivity index (χ4v) is 1.71. The van der Waals surface area contributed by atoms with Crippen LogP contribution in [0.2, 0.25) is 0 Å². The second-order valence-electron chi connectivity index (χ2n) is 4.96. The maximum atomic E-state index is 13.4. The lowest BCUT2D eigenvalue weighted by molar-refractivity contribution is -0.126. The number of carbonyl (C=O) groups excluding carboxylic acids is 3. The van der Waals surface area contributed by atoms with Crippen LogP contribution in [0.25, 0.3) is 0 Å². The third kappa shape index (κ3) is 4.82. The van der Waals surface area contributed by atoms with Gasteiger partial charge in [-0.25, -0.2) is 18.0 Å². The van der Waals surface area contributed by atoms with Crippen LogP contribution in [0.5, 0.6) is 0 Å². The van der Waals surface area contributed by atoms with Gasteiger partial charge in [-0.3, -0.25) is 9.59 Å². The molecule has 2 rings (SSSR count). The van der Waals surface area contributed by atoms with E-state index in [0.717, 1.165) is 6.07 Å². The molecule has 0 bridgehead atoms. The van der Waals surface area contributed by atoms with E-state index in [1.54, 1.807) is 6.92 Å². The summed E-state index contributed by atoms with van der Waals surface area (Å²) >= 11 is 0. The smallest absolute Gasteiger partial charge is 0.377 e. The van der Waals surface area contributed by atoms with Gasteiger partial charge >= 0.3 is 5.97 Å². The highest BCUT2D eigenvalue weighted by Gasteiger charge is 2.17. The maximum absolute atomic E-state index is 13.4. The standard InChI is InChI=1S/C15H12F3N3O5/c1-7-4-10(26-21-7)15(24)25-6-12(23)19-5-11(22)20-9-3-2-8(16)13(17)14(9)18/h2-4H,5-6H2,1H3,(H,19,23)(H,20,22). The average Bonchev–Trinajstić information content (AvgIpc) is 3.05. The zero-order valence-electron chi connectivity index (χ0n) is 13.3.